The highest BCUT2D eigenvalue weighted by molar-refractivity contribution is 5.95. The summed E-state index contributed by atoms with van der Waals surface area (Å²) in [4.78, 5) is 23.5. The Balaban J connectivity index is 1.75. The van der Waals surface area contributed by atoms with Crippen LogP contribution in [0.3, 0.4) is 0 Å². The van der Waals surface area contributed by atoms with Crippen molar-refractivity contribution in [3.63, 3.8) is 0 Å². The zero-order valence-corrected chi connectivity index (χ0v) is 13.8. The molecule has 2 aromatic rings. The average Bonchev–Trinajstić information content (AvgIpc) is 3.15. The van der Waals surface area contributed by atoms with E-state index < -0.39 is 5.97 Å². The van der Waals surface area contributed by atoms with Gasteiger partial charge in [0.15, 0.2) is 0 Å². The van der Waals surface area contributed by atoms with Gasteiger partial charge < -0.3 is 10.4 Å². The number of aromatic nitrogens is 2. The Morgan fingerprint density at radius 2 is 2.00 bits per heavy atom. The van der Waals surface area contributed by atoms with Crippen LogP contribution in [0.15, 0.2) is 30.5 Å². The molecule has 6 nitrogen and oxygen atoms in total. The van der Waals surface area contributed by atoms with E-state index in [1.54, 1.807) is 10.9 Å². The normalized spacial score (nSPS) is 20.1. The van der Waals surface area contributed by atoms with Crippen molar-refractivity contribution in [3.8, 4) is 5.69 Å². The predicted octanol–water partition coefficient (Wildman–Crippen LogP) is 2.47. The van der Waals surface area contributed by atoms with Crippen LogP contribution in [0.1, 0.15) is 40.9 Å². The van der Waals surface area contributed by atoms with Crippen LogP contribution in [0, 0.1) is 19.8 Å². The molecule has 6 heteroatoms. The summed E-state index contributed by atoms with van der Waals surface area (Å²) in [5, 5.41) is 16.3. The van der Waals surface area contributed by atoms with Crippen molar-refractivity contribution in [1.29, 1.82) is 0 Å². The topological polar surface area (TPSA) is 84.2 Å². The molecule has 24 heavy (non-hydrogen) atoms. The van der Waals surface area contributed by atoms with E-state index in [-0.39, 0.29) is 17.9 Å². The van der Waals surface area contributed by atoms with Gasteiger partial charge in [0.2, 0.25) is 0 Å². The monoisotopic (exact) mass is 327 g/mol. The second-order valence-electron chi connectivity index (χ2n) is 6.36. The molecular formula is C18H21N3O3. The van der Waals surface area contributed by atoms with Crippen LogP contribution in [0.25, 0.3) is 5.69 Å². The first-order valence-corrected chi connectivity index (χ1v) is 8.11. The van der Waals surface area contributed by atoms with Crippen molar-refractivity contribution in [1.82, 2.24) is 15.1 Å². The SMILES string of the molecule is Cc1ccccc1-n1ncc(C(=O)N[C@H]2CC[C@@H](C(=O)O)C2)c1C. The van der Waals surface area contributed by atoms with Gasteiger partial charge in [-0.1, -0.05) is 18.2 Å². The summed E-state index contributed by atoms with van der Waals surface area (Å²) in [6.45, 7) is 3.86. The Bertz CT molecular complexity index is 782. The van der Waals surface area contributed by atoms with Gasteiger partial charge in [0.05, 0.1) is 29.1 Å². The highest BCUT2D eigenvalue weighted by Crippen LogP contribution is 2.26. The molecule has 1 aliphatic carbocycles. The minimum atomic E-state index is -0.782. The van der Waals surface area contributed by atoms with Gasteiger partial charge >= 0.3 is 5.97 Å². The van der Waals surface area contributed by atoms with Gasteiger partial charge in [-0.15, -0.1) is 0 Å². The van der Waals surface area contributed by atoms with Crippen LogP contribution in [0.5, 0.6) is 0 Å². The first-order chi connectivity index (χ1) is 11.5. The molecule has 0 unspecified atom stereocenters. The van der Waals surface area contributed by atoms with Crippen LogP contribution >= 0.6 is 0 Å². The second-order valence-corrected chi connectivity index (χ2v) is 6.36. The third-order valence-corrected chi connectivity index (χ3v) is 4.72. The first kappa shape index (κ1) is 16.2. The van der Waals surface area contributed by atoms with Crippen molar-refractivity contribution in [2.24, 2.45) is 5.92 Å². The van der Waals surface area contributed by atoms with Crippen molar-refractivity contribution in [2.45, 2.75) is 39.2 Å². The summed E-state index contributed by atoms with van der Waals surface area (Å²) >= 11 is 0. The van der Waals surface area contributed by atoms with Crippen molar-refractivity contribution in [3.05, 3.63) is 47.3 Å². The van der Waals surface area contributed by atoms with Crippen LogP contribution in [0.4, 0.5) is 0 Å². The first-order valence-electron chi connectivity index (χ1n) is 8.11. The minimum Gasteiger partial charge on any atom is -0.481 e. The summed E-state index contributed by atoms with van der Waals surface area (Å²) in [6.07, 6.45) is 3.38. The maximum absolute atomic E-state index is 12.5. The van der Waals surface area contributed by atoms with Crippen molar-refractivity contribution >= 4 is 11.9 Å². The lowest BCUT2D eigenvalue weighted by Gasteiger charge is -2.12. The molecular weight excluding hydrogens is 306 g/mol. The van der Waals surface area contributed by atoms with Crippen LogP contribution in [0.2, 0.25) is 0 Å². The molecule has 2 N–H and O–H groups in total. The summed E-state index contributed by atoms with van der Waals surface area (Å²) in [5.74, 6) is -1.33. The number of carbonyl (C=O) groups excluding carboxylic acids is 1. The number of aryl methyl sites for hydroxylation is 1. The van der Waals surface area contributed by atoms with E-state index in [0.717, 1.165) is 16.9 Å². The molecule has 1 amide bonds. The number of carbonyl (C=O) groups is 2. The fraction of sp³-hybridized carbons (Fsp3) is 0.389. The number of hydrogen-bond acceptors (Lipinski definition) is 3. The van der Waals surface area contributed by atoms with E-state index in [2.05, 4.69) is 10.4 Å². The molecule has 0 aliphatic heterocycles. The standard InChI is InChI=1S/C18H21N3O3/c1-11-5-3-4-6-16(11)21-12(2)15(10-19-21)17(22)20-14-8-7-13(9-14)18(23)24/h3-6,10,13-14H,7-9H2,1-2H3,(H,20,22)(H,23,24)/t13-,14+/m1/s1. The number of carboxylic acids is 1. The molecule has 3 rings (SSSR count). The van der Waals surface area contributed by atoms with E-state index in [9.17, 15) is 9.59 Å². The van der Waals surface area contributed by atoms with E-state index in [1.165, 1.54) is 0 Å². The maximum Gasteiger partial charge on any atom is 0.306 e. The van der Waals surface area contributed by atoms with Gasteiger partial charge in [0.25, 0.3) is 5.91 Å². The molecule has 0 radical (unpaired) electrons. The summed E-state index contributed by atoms with van der Waals surface area (Å²) in [5.41, 5.74) is 3.32. The number of nitrogens with zero attached hydrogens (tertiary/aromatic N) is 2. The number of rotatable bonds is 4. The number of hydrogen-bond donors (Lipinski definition) is 2. The van der Waals surface area contributed by atoms with Crippen molar-refractivity contribution in [2.75, 3.05) is 0 Å². The average molecular weight is 327 g/mol. The fourth-order valence-electron chi connectivity index (χ4n) is 3.28. The van der Waals surface area contributed by atoms with Gasteiger partial charge in [0.1, 0.15) is 0 Å². The highest BCUT2D eigenvalue weighted by atomic mass is 16.4. The number of aliphatic carboxylic acids is 1. The van der Waals surface area contributed by atoms with Crippen molar-refractivity contribution < 1.29 is 14.7 Å². The molecule has 1 aromatic heterocycles. The Hall–Kier alpha value is -2.63. The third kappa shape index (κ3) is 3.04. The zero-order chi connectivity index (χ0) is 17.3. The lowest BCUT2D eigenvalue weighted by atomic mass is 10.1. The number of nitrogens with one attached hydrogen (secondary N) is 1. The van der Waals surface area contributed by atoms with Crippen LogP contribution in [-0.2, 0) is 4.79 Å². The Kier molecular flexibility index (Phi) is 4.38. The summed E-state index contributed by atoms with van der Waals surface area (Å²) in [7, 11) is 0. The Labute approximate surface area is 140 Å². The number of para-hydroxylation sites is 1. The van der Waals surface area contributed by atoms with Gasteiger partial charge in [-0.2, -0.15) is 5.10 Å². The molecule has 0 saturated heterocycles. The van der Waals surface area contributed by atoms with Gasteiger partial charge in [-0.25, -0.2) is 4.68 Å². The molecule has 1 saturated carbocycles. The number of amides is 1. The van der Waals surface area contributed by atoms with Crippen LogP contribution < -0.4 is 5.32 Å². The second kappa shape index (κ2) is 6.47. The Morgan fingerprint density at radius 3 is 2.67 bits per heavy atom. The lowest BCUT2D eigenvalue weighted by Crippen LogP contribution is -2.33. The zero-order valence-electron chi connectivity index (χ0n) is 13.8. The molecule has 0 bridgehead atoms. The van der Waals surface area contributed by atoms with Gasteiger partial charge in [-0.3, -0.25) is 9.59 Å². The number of benzene rings is 1. The van der Waals surface area contributed by atoms with E-state index in [0.29, 0.717) is 24.8 Å². The largest absolute Gasteiger partial charge is 0.481 e. The van der Waals surface area contributed by atoms with E-state index in [1.807, 2.05) is 38.1 Å². The molecule has 126 valence electrons. The fourth-order valence-corrected chi connectivity index (χ4v) is 3.28. The van der Waals surface area contributed by atoms with E-state index in [4.69, 9.17) is 5.11 Å². The van der Waals surface area contributed by atoms with Gasteiger partial charge in [-0.05, 0) is 44.7 Å². The summed E-state index contributed by atoms with van der Waals surface area (Å²) < 4.78 is 1.76. The van der Waals surface area contributed by atoms with Gasteiger partial charge in [0, 0.05) is 6.04 Å². The molecule has 0 spiro atoms. The molecule has 2 atom stereocenters. The summed E-state index contributed by atoms with van der Waals surface area (Å²) in [6, 6.07) is 7.78. The number of carboxylic acid groups (broad SMARTS) is 1. The molecule has 1 aliphatic rings. The third-order valence-electron chi connectivity index (χ3n) is 4.72. The molecule has 1 aromatic carbocycles. The molecule has 1 fully saturated rings. The molecule has 1 heterocycles. The smallest absolute Gasteiger partial charge is 0.306 e. The lowest BCUT2D eigenvalue weighted by molar-refractivity contribution is -0.141. The maximum atomic E-state index is 12.5. The highest BCUT2D eigenvalue weighted by Gasteiger charge is 2.31. The Morgan fingerprint density at radius 1 is 1.25 bits per heavy atom. The van der Waals surface area contributed by atoms with Crippen LogP contribution in [-0.4, -0.2) is 32.8 Å². The quantitative estimate of drug-likeness (QED) is 0.903. The predicted molar refractivity (Wildman–Crippen MR) is 89.3 cm³/mol. The van der Waals surface area contributed by atoms with E-state index >= 15 is 0 Å². The minimum absolute atomic E-state index is 0.0835.